The molecule has 2 aromatic carbocycles. The Balaban J connectivity index is 1.51. The average molecular weight is 390 g/mol. The number of para-hydroxylation sites is 3. The van der Waals surface area contributed by atoms with Gasteiger partial charge < -0.3 is 15.2 Å². The second-order valence-corrected chi connectivity index (χ2v) is 7.73. The standard InChI is InChI=1S/C23H26N4O2/c1-15-6-5-7-16(2)22(15)26-21(28)14-27-19-9-4-3-8-18(19)25-20(27)12-13-24-23(29)17-10-11-17/h3-9,17H,10-14H2,1-2H3,(H,24,29)(H,26,28). The van der Waals surface area contributed by atoms with Crippen molar-refractivity contribution in [3.63, 3.8) is 0 Å². The van der Waals surface area contributed by atoms with Crippen LogP contribution in [0.2, 0.25) is 0 Å². The first-order valence-electron chi connectivity index (χ1n) is 10.1. The van der Waals surface area contributed by atoms with E-state index in [1.807, 2.05) is 60.9 Å². The summed E-state index contributed by atoms with van der Waals surface area (Å²) >= 11 is 0. The van der Waals surface area contributed by atoms with E-state index in [2.05, 4.69) is 10.6 Å². The number of aryl methyl sites for hydroxylation is 2. The molecule has 1 fully saturated rings. The first-order valence-corrected chi connectivity index (χ1v) is 10.1. The van der Waals surface area contributed by atoms with E-state index >= 15 is 0 Å². The quantitative estimate of drug-likeness (QED) is 0.649. The van der Waals surface area contributed by atoms with Gasteiger partial charge in [-0.1, -0.05) is 30.3 Å². The highest BCUT2D eigenvalue weighted by Crippen LogP contribution is 2.28. The van der Waals surface area contributed by atoms with Crippen molar-refractivity contribution in [1.29, 1.82) is 0 Å². The number of aromatic nitrogens is 2. The fourth-order valence-electron chi connectivity index (χ4n) is 3.61. The maximum atomic E-state index is 12.8. The molecule has 1 aliphatic carbocycles. The third kappa shape index (κ3) is 4.31. The number of nitrogens with one attached hydrogen (secondary N) is 2. The van der Waals surface area contributed by atoms with Crippen LogP contribution in [0.25, 0.3) is 11.0 Å². The van der Waals surface area contributed by atoms with E-state index in [0.717, 1.165) is 46.5 Å². The lowest BCUT2D eigenvalue weighted by Gasteiger charge is -2.13. The third-order valence-corrected chi connectivity index (χ3v) is 5.38. The minimum Gasteiger partial charge on any atom is -0.355 e. The maximum absolute atomic E-state index is 12.8. The Bertz CT molecular complexity index is 1050. The van der Waals surface area contributed by atoms with Crippen molar-refractivity contribution in [2.75, 3.05) is 11.9 Å². The zero-order chi connectivity index (χ0) is 20.4. The molecule has 0 spiro atoms. The number of benzene rings is 2. The lowest BCUT2D eigenvalue weighted by Crippen LogP contribution is -2.28. The van der Waals surface area contributed by atoms with Crippen LogP contribution >= 0.6 is 0 Å². The van der Waals surface area contributed by atoms with Gasteiger partial charge in [-0.2, -0.15) is 0 Å². The van der Waals surface area contributed by atoms with Gasteiger partial charge in [-0.15, -0.1) is 0 Å². The van der Waals surface area contributed by atoms with E-state index in [4.69, 9.17) is 4.98 Å². The van der Waals surface area contributed by atoms with Crippen molar-refractivity contribution < 1.29 is 9.59 Å². The summed E-state index contributed by atoms with van der Waals surface area (Å²) in [6.07, 6.45) is 2.56. The lowest BCUT2D eigenvalue weighted by atomic mass is 10.1. The third-order valence-electron chi connectivity index (χ3n) is 5.38. The number of anilines is 1. The summed E-state index contributed by atoms with van der Waals surface area (Å²) in [4.78, 5) is 29.4. The van der Waals surface area contributed by atoms with Gasteiger partial charge in [0.1, 0.15) is 12.4 Å². The average Bonchev–Trinajstić information content (AvgIpc) is 3.49. The van der Waals surface area contributed by atoms with Crippen LogP contribution < -0.4 is 10.6 Å². The molecule has 3 aromatic rings. The number of carbonyl (C=O) groups excluding carboxylic acids is 2. The summed E-state index contributed by atoms with van der Waals surface area (Å²) in [6, 6.07) is 13.8. The first-order chi connectivity index (χ1) is 14.0. The molecule has 1 saturated carbocycles. The van der Waals surface area contributed by atoms with Crippen molar-refractivity contribution in [1.82, 2.24) is 14.9 Å². The molecule has 150 valence electrons. The summed E-state index contributed by atoms with van der Waals surface area (Å²) in [6.45, 7) is 4.68. The molecule has 0 atom stereocenters. The minimum absolute atomic E-state index is 0.0891. The van der Waals surface area contributed by atoms with Crippen molar-refractivity contribution in [2.45, 2.75) is 39.7 Å². The predicted octanol–water partition coefficient (Wildman–Crippen LogP) is 3.36. The van der Waals surface area contributed by atoms with Gasteiger partial charge in [0, 0.05) is 24.6 Å². The topological polar surface area (TPSA) is 76.0 Å². The highest BCUT2D eigenvalue weighted by molar-refractivity contribution is 5.93. The van der Waals surface area contributed by atoms with Crippen LogP contribution in [0.1, 0.15) is 29.8 Å². The number of nitrogens with zero attached hydrogens (tertiary/aromatic N) is 2. The smallest absolute Gasteiger partial charge is 0.244 e. The molecule has 1 aliphatic rings. The van der Waals surface area contributed by atoms with Gasteiger partial charge in [0.25, 0.3) is 0 Å². The largest absolute Gasteiger partial charge is 0.355 e. The second kappa shape index (κ2) is 8.07. The zero-order valence-electron chi connectivity index (χ0n) is 16.9. The van der Waals surface area contributed by atoms with Crippen molar-refractivity contribution in [3.05, 3.63) is 59.4 Å². The number of hydrogen-bond acceptors (Lipinski definition) is 3. The Labute approximate surface area is 170 Å². The molecular formula is C23H26N4O2. The van der Waals surface area contributed by atoms with Gasteiger partial charge in [-0.25, -0.2) is 4.98 Å². The molecule has 4 rings (SSSR count). The first kappa shape index (κ1) is 19.2. The molecule has 0 aliphatic heterocycles. The van der Waals surface area contributed by atoms with Gasteiger partial charge in [-0.05, 0) is 49.9 Å². The number of carbonyl (C=O) groups is 2. The van der Waals surface area contributed by atoms with Crippen LogP contribution in [-0.4, -0.2) is 27.9 Å². The summed E-state index contributed by atoms with van der Waals surface area (Å²) in [5.74, 6) is 1.03. The van der Waals surface area contributed by atoms with E-state index in [0.29, 0.717) is 13.0 Å². The van der Waals surface area contributed by atoms with Gasteiger partial charge in [-0.3, -0.25) is 9.59 Å². The fraction of sp³-hybridized carbons (Fsp3) is 0.348. The summed E-state index contributed by atoms with van der Waals surface area (Å²) in [5.41, 5.74) is 4.72. The molecule has 6 nitrogen and oxygen atoms in total. The molecule has 1 aromatic heterocycles. The fourth-order valence-corrected chi connectivity index (χ4v) is 3.61. The number of amides is 2. The van der Waals surface area contributed by atoms with Crippen LogP contribution in [0.3, 0.4) is 0 Å². The molecule has 2 N–H and O–H groups in total. The zero-order valence-corrected chi connectivity index (χ0v) is 16.9. The Kier molecular flexibility index (Phi) is 5.34. The van der Waals surface area contributed by atoms with Crippen LogP contribution in [0.5, 0.6) is 0 Å². The van der Waals surface area contributed by atoms with Crippen molar-refractivity contribution in [3.8, 4) is 0 Å². The molecule has 0 saturated heterocycles. The van der Waals surface area contributed by atoms with Gasteiger partial charge in [0.05, 0.1) is 11.0 Å². The monoisotopic (exact) mass is 390 g/mol. The molecule has 29 heavy (non-hydrogen) atoms. The number of rotatable bonds is 7. The number of hydrogen-bond donors (Lipinski definition) is 2. The SMILES string of the molecule is Cc1cccc(C)c1NC(=O)Cn1c(CCNC(=O)C2CC2)nc2ccccc21. The van der Waals surface area contributed by atoms with E-state index in [-0.39, 0.29) is 24.3 Å². The molecule has 1 heterocycles. The molecular weight excluding hydrogens is 364 g/mol. The number of imidazole rings is 1. The van der Waals surface area contributed by atoms with Crippen molar-refractivity contribution in [2.24, 2.45) is 5.92 Å². The molecule has 0 bridgehead atoms. The van der Waals surface area contributed by atoms with Crippen molar-refractivity contribution >= 4 is 28.5 Å². The Hall–Kier alpha value is -3.15. The Morgan fingerprint density at radius 3 is 2.52 bits per heavy atom. The lowest BCUT2D eigenvalue weighted by molar-refractivity contribution is -0.122. The molecule has 2 amide bonds. The number of fused-ring (bicyclic) bond motifs is 1. The van der Waals surface area contributed by atoms with E-state index < -0.39 is 0 Å². The van der Waals surface area contributed by atoms with Crippen LogP contribution in [0.4, 0.5) is 5.69 Å². The minimum atomic E-state index is -0.0891. The van der Waals surface area contributed by atoms with Gasteiger partial charge in [0.2, 0.25) is 11.8 Å². The van der Waals surface area contributed by atoms with Crippen LogP contribution in [0, 0.1) is 19.8 Å². The highest BCUT2D eigenvalue weighted by atomic mass is 16.2. The summed E-state index contributed by atoms with van der Waals surface area (Å²) in [5, 5.41) is 6.03. The van der Waals surface area contributed by atoms with E-state index in [9.17, 15) is 9.59 Å². The normalized spacial score (nSPS) is 13.4. The van der Waals surface area contributed by atoms with Crippen LogP contribution in [-0.2, 0) is 22.6 Å². The summed E-state index contributed by atoms with van der Waals surface area (Å²) in [7, 11) is 0. The highest BCUT2D eigenvalue weighted by Gasteiger charge is 2.29. The van der Waals surface area contributed by atoms with Gasteiger partial charge >= 0.3 is 0 Å². The van der Waals surface area contributed by atoms with E-state index in [1.54, 1.807) is 0 Å². The molecule has 0 radical (unpaired) electrons. The molecule has 6 heteroatoms. The second-order valence-electron chi connectivity index (χ2n) is 7.73. The molecule has 0 unspecified atom stereocenters. The summed E-state index contributed by atoms with van der Waals surface area (Å²) < 4.78 is 1.95. The Morgan fingerprint density at radius 2 is 1.79 bits per heavy atom. The maximum Gasteiger partial charge on any atom is 0.244 e. The van der Waals surface area contributed by atoms with Gasteiger partial charge in [0.15, 0.2) is 0 Å². The Morgan fingerprint density at radius 1 is 1.07 bits per heavy atom. The van der Waals surface area contributed by atoms with Crippen LogP contribution in [0.15, 0.2) is 42.5 Å². The predicted molar refractivity (Wildman–Crippen MR) is 114 cm³/mol. The van der Waals surface area contributed by atoms with E-state index in [1.165, 1.54) is 0 Å².